The third-order valence-corrected chi connectivity index (χ3v) is 3.36. The van der Waals surface area contributed by atoms with Gasteiger partial charge in [-0.2, -0.15) is 15.0 Å². The molecule has 3 N–H and O–H groups in total. The first-order chi connectivity index (χ1) is 9.62. The highest BCUT2D eigenvalue weighted by Gasteiger charge is 2.26. The second-order valence-corrected chi connectivity index (χ2v) is 4.67. The molecule has 0 saturated heterocycles. The molecular formula is C13H25N5O2. The van der Waals surface area contributed by atoms with Crippen molar-refractivity contribution in [2.24, 2.45) is 0 Å². The first-order valence-corrected chi connectivity index (χ1v) is 7.06. The Bertz CT molecular complexity index is 401. The Kier molecular flexibility index (Phi) is 6.44. The van der Waals surface area contributed by atoms with Gasteiger partial charge < -0.3 is 20.5 Å². The number of nitrogens with one attached hydrogen (secondary N) is 2. The maximum atomic E-state index is 9.59. The molecule has 0 aliphatic rings. The fraction of sp³-hybridized carbons (Fsp3) is 0.769. The van der Waals surface area contributed by atoms with Crippen LogP contribution < -0.4 is 15.4 Å². The second kappa shape index (κ2) is 7.84. The van der Waals surface area contributed by atoms with Gasteiger partial charge in [-0.05, 0) is 19.3 Å². The fourth-order valence-corrected chi connectivity index (χ4v) is 1.75. The van der Waals surface area contributed by atoms with Crippen LogP contribution >= 0.6 is 0 Å². The molecule has 1 heterocycles. The summed E-state index contributed by atoms with van der Waals surface area (Å²) in [5, 5.41) is 15.9. The largest absolute Gasteiger partial charge is 0.467 e. The minimum Gasteiger partial charge on any atom is -0.467 e. The average molecular weight is 283 g/mol. The van der Waals surface area contributed by atoms with Gasteiger partial charge in [-0.1, -0.05) is 20.8 Å². The summed E-state index contributed by atoms with van der Waals surface area (Å²) in [6.07, 6.45) is 2.51. The number of hydrogen-bond acceptors (Lipinski definition) is 7. The van der Waals surface area contributed by atoms with Gasteiger partial charge in [0.25, 0.3) is 0 Å². The van der Waals surface area contributed by atoms with Crippen molar-refractivity contribution in [2.45, 2.75) is 45.6 Å². The maximum absolute atomic E-state index is 9.59. The Hall–Kier alpha value is -1.63. The number of aliphatic hydroxyl groups excluding tert-OH is 1. The molecule has 114 valence electrons. The highest BCUT2D eigenvalue weighted by Crippen LogP contribution is 2.21. The quantitative estimate of drug-likeness (QED) is 0.634. The number of aromatic nitrogens is 3. The third kappa shape index (κ3) is 4.19. The van der Waals surface area contributed by atoms with Crippen LogP contribution in [0.3, 0.4) is 0 Å². The lowest BCUT2D eigenvalue weighted by atomic mass is 9.94. The molecule has 0 amide bonds. The Balaban J connectivity index is 2.98. The summed E-state index contributed by atoms with van der Waals surface area (Å²) >= 11 is 0. The van der Waals surface area contributed by atoms with E-state index >= 15 is 0 Å². The van der Waals surface area contributed by atoms with Crippen LogP contribution in [0.5, 0.6) is 6.01 Å². The van der Waals surface area contributed by atoms with E-state index in [1.54, 1.807) is 0 Å². The molecule has 0 atom stereocenters. The van der Waals surface area contributed by atoms with Crippen molar-refractivity contribution < 1.29 is 9.84 Å². The molecule has 0 radical (unpaired) electrons. The molecule has 0 aliphatic carbocycles. The Morgan fingerprint density at radius 2 is 1.75 bits per heavy atom. The SMILES string of the molecule is CCCNc1nc(NC(CC)(CC)CO)nc(OC)n1. The van der Waals surface area contributed by atoms with E-state index in [9.17, 15) is 5.11 Å². The van der Waals surface area contributed by atoms with Gasteiger partial charge >= 0.3 is 6.01 Å². The Labute approximate surface area is 120 Å². The van der Waals surface area contributed by atoms with Crippen LogP contribution in [0, 0.1) is 0 Å². The molecule has 0 aromatic carbocycles. The highest BCUT2D eigenvalue weighted by molar-refractivity contribution is 5.38. The third-order valence-electron chi connectivity index (χ3n) is 3.36. The Morgan fingerprint density at radius 3 is 2.25 bits per heavy atom. The van der Waals surface area contributed by atoms with Gasteiger partial charge in [-0.3, -0.25) is 0 Å². The number of anilines is 2. The van der Waals surface area contributed by atoms with Gasteiger partial charge in [0.2, 0.25) is 11.9 Å². The van der Waals surface area contributed by atoms with Crippen molar-refractivity contribution in [3.63, 3.8) is 0 Å². The van der Waals surface area contributed by atoms with Crippen molar-refractivity contribution >= 4 is 11.9 Å². The van der Waals surface area contributed by atoms with Crippen LogP contribution in [0.4, 0.5) is 11.9 Å². The van der Waals surface area contributed by atoms with E-state index in [4.69, 9.17) is 4.74 Å². The molecule has 0 unspecified atom stereocenters. The van der Waals surface area contributed by atoms with E-state index in [1.807, 2.05) is 13.8 Å². The minimum absolute atomic E-state index is 0.0196. The first-order valence-electron chi connectivity index (χ1n) is 7.06. The van der Waals surface area contributed by atoms with Gasteiger partial charge in [0, 0.05) is 6.54 Å². The zero-order chi connectivity index (χ0) is 15.0. The number of hydrogen-bond donors (Lipinski definition) is 3. The smallest absolute Gasteiger partial charge is 0.322 e. The van der Waals surface area contributed by atoms with Crippen LogP contribution in [0.1, 0.15) is 40.0 Å². The van der Waals surface area contributed by atoms with Gasteiger partial charge in [0.15, 0.2) is 0 Å². The number of aliphatic hydroxyl groups is 1. The molecule has 0 aliphatic heterocycles. The summed E-state index contributed by atoms with van der Waals surface area (Å²) < 4.78 is 5.09. The van der Waals surface area contributed by atoms with E-state index in [1.165, 1.54) is 7.11 Å². The van der Waals surface area contributed by atoms with E-state index < -0.39 is 5.54 Å². The van der Waals surface area contributed by atoms with Crippen molar-refractivity contribution in [2.75, 3.05) is 30.9 Å². The number of methoxy groups -OCH3 is 1. The van der Waals surface area contributed by atoms with E-state index in [0.717, 1.165) is 25.8 Å². The number of ether oxygens (including phenoxy) is 1. The fourth-order valence-electron chi connectivity index (χ4n) is 1.75. The van der Waals surface area contributed by atoms with Crippen LogP contribution in [0.2, 0.25) is 0 Å². The summed E-state index contributed by atoms with van der Waals surface area (Å²) in [6, 6.07) is 0.250. The van der Waals surface area contributed by atoms with E-state index in [2.05, 4.69) is 32.5 Å². The molecule has 1 aromatic rings. The Morgan fingerprint density at radius 1 is 1.10 bits per heavy atom. The van der Waals surface area contributed by atoms with Crippen LogP contribution in [0.25, 0.3) is 0 Å². The van der Waals surface area contributed by atoms with Crippen LogP contribution in [-0.4, -0.2) is 45.9 Å². The summed E-state index contributed by atoms with van der Waals surface area (Å²) in [5.41, 5.74) is -0.422. The maximum Gasteiger partial charge on any atom is 0.322 e. The molecule has 1 rings (SSSR count). The standard InChI is InChI=1S/C13H25N5O2/c1-5-8-14-10-15-11(17-12(16-10)20-4)18-13(6-2,7-3)9-19/h19H,5-9H2,1-4H3,(H2,14,15,16,17,18). The normalized spacial score (nSPS) is 11.2. The topological polar surface area (TPSA) is 92.2 Å². The van der Waals surface area contributed by atoms with Gasteiger partial charge in [0.1, 0.15) is 0 Å². The lowest BCUT2D eigenvalue weighted by molar-refractivity contribution is 0.201. The lowest BCUT2D eigenvalue weighted by Crippen LogP contribution is -2.41. The predicted octanol–water partition coefficient (Wildman–Crippen LogP) is 1.67. The van der Waals surface area contributed by atoms with Gasteiger partial charge in [-0.15, -0.1) is 0 Å². The molecule has 7 heteroatoms. The van der Waals surface area contributed by atoms with E-state index in [0.29, 0.717) is 11.9 Å². The molecule has 0 spiro atoms. The molecule has 20 heavy (non-hydrogen) atoms. The number of rotatable bonds is 9. The summed E-state index contributed by atoms with van der Waals surface area (Å²) in [7, 11) is 1.52. The zero-order valence-corrected chi connectivity index (χ0v) is 12.7. The predicted molar refractivity (Wildman–Crippen MR) is 79.2 cm³/mol. The molecule has 0 bridgehead atoms. The van der Waals surface area contributed by atoms with Gasteiger partial charge in [0.05, 0.1) is 19.3 Å². The molecule has 0 saturated carbocycles. The minimum atomic E-state index is -0.422. The lowest BCUT2D eigenvalue weighted by Gasteiger charge is -2.30. The van der Waals surface area contributed by atoms with Crippen molar-refractivity contribution in [3.05, 3.63) is 0 Å². The van der Waals surface area contributed by atoms with Crippen LogP contribution in [0.15, 0.2) is 0 Å². The molecule has 1 aromatic heterocycles. The number of nitrogens with zero attached hydrogens (tertiary/aromatic N) is 3. The van der Waals surface area contributed by atoms with Crippen molar-refractivity contribution in [3.8, 4) is 6.01 Å². The molecule has 7 nitrogen and oxygen atoms in total. The summed E-state index contributed by atoms with van der Waals surface area (Å²) in [5.74, 6) is 0.883. The summed E-state index contributed by atoms with van der Waals surface area (Å²) in [4.78, 5) is 12.6. The van der Waals surface area contributed by atoms with E-state index in [-0.39, 0.29) is 12.6 Å². The molecule has 0 fully saturated rings. The first kappa shape index (κ1) is 16.4. The monoisotopic (exact) mass is 283 g/mol. The summed E-state index contributed by atoms with van der Waals surface area (Å²) in [6.45, 7) is 6.89. The van der Waals surface area contributed by atoms with Gasteiger partial charge in [-0.25, -0.2) is 0 Å². The van der Waals surface area contributed by atoms with Crippen molar-refractivity contribution in [1.29, 1.82) is 0 Å². The second-order valence-electron chi connectivity index (χ2n) is 4.67. The van der Waals surface area contributed by atoms with Crippen molar-refractivity contribution in [1.82, 2.24) is 15.0 Å². The molecular weight excluding hydrogens is 258 g/mol. The average Bonchev–Trinajstić information content (AvgIpc) is 2.50. The zero-order valence-electron chi connectivity index (χ0n) is 12.7. The highest BCUT2D eigenvalue weighted by atomic mass is 16.5. The van der Waals surface area contributed by atoms with Crippen LogP contribution in [-0.2, 0) is 0 Å².